The number of hydrogen-bond acceptors (Lipinski definition) is 5. The molecule has 0 rings (SSSR count). The maximum absolute atomic E-state index is 13.2. The lowest BCUT2D eigenvalue weighted by Gasteiger charge is -2.24. The number of carbonyl (C=O) groups excluding carboxylic acids is 2. The Bertz CT molecular complexity index is 1060. The number of esters is 1. The van der Waals surface area contributed by atoms with E-state index in [4.69, 9.17) is 4.74 Å². The molecular formula is C58H109NO5. The number of rotatable bonds is 51. The highest BCUT2D eigenvalue weighted by atomic mass is 16.5. The third kappa shape index (κ3) is 46.6. The minimum atomic E-state index is -0.790. The summed E-state index contributed by atoms with van der Waals surface area (Å²) in [5.74, 6) is -0.478. The molecule has 0 aromatic rings. The van der Waals surface area contributed by atoms with E-state index >= 15 is 0 Å². The quantitative estimate of drug-likeness (QED) is 0.0321. The van der Waals surface area contributed by atoms with Gasteiger partial charge in [-0.25, -0.2) is 0 Å². The summed E-state index contributed by atoms with van der Waals surface area (Å²) in [6.07, 6.45) is 62.1. The van der Waals surface area contributed by atoms with Crippen molar-refractivity contribution in [2.24, 2.45) is 0 Å². The maximum Gasteiger partial charge on any atom is 0.306 e. The van der Waals surface area contributed by atoms with Gasteiger partial charge in [-0.3, -0.25) is 9.59 Å². The number of allylic oxidation sites excluding steroid dienone is 6. The summed E-state index contributed by atoms with van der Waals surface area (Å²) >= 11 is 0. The van der Waals surface area contributed by atoms with Crippen LogP contribution in [0.4, 0.5) is 0 Å². The molecule has 0 aliphatic rings. The highest BCUT2D eigenvalue weighted by Crippen LogP contribution is 2.18. The van der Waals surface area contributed by atoms with E-state index in [0.717, 1.165) is 70.6 Å². The topological polar surface area (TPSA) is 95.9 Å². The van der Waals surface area contributed by atoms with E-state index in [1.165, 1.54) is 180 Å². The molecule has 64 heavy (non-hydrogen) atoms. The monoisotopic (exact) mass is 900 g/mol. The van der Waals surface area contributed by atoms with Crippen LogP contribution in [-0.2, 0) is 14.3 Å². The average molecular weight is 901 g/mol. The van der Waals surface area contributed by atoms with Crippen LogP contribution in [0.5, 0.6) is 0 Å². The molecule has 0 fully saturated rings. The average Bonchev–Trinajstić information content (AvgIpc) is 3.29. The van der Waals surface area contributed by atoms with Gasteiger partial charge in [0.15, 0.2) is 0 Å². The molecule has 6 nitrogen and oxygen atoms in total. The maximum atomic E-state index is 13.2. The van der Waals surface area contributed by atoms with Gasteiger partial charge in [0.1, 0.15) is 6.10 Å². The molecule has 0 saturated carbocycles. The lowest BCUT2D eigenvalue weighted by atomic mass is 10.0. The fourth-order valence-electron chi connectivity index (χ4n) is 8.70. The lowest BCUT2D eigenvalue weighted by molar-refractivity contribution is -0.151. The zero-order valence-electron chi connectivity index (χ0n) is 42.9. The molecule has 0 radical (unpaired) electrons. The Morgan fingerprint density at radius 3 is 1.28 bits per heavy atom. The van der Waals surface area contributed by atoms with E-state index in [1.54, 1.807) is 0 Å². The number of aliphatic hydroxyl groups excluding tert-OH is 2. The largest absolute Gasteiger partial charge is 0.462 e. The zero-order valence-corrected chi connectivity index (χ0v) is 42.9. The van der Waals surface area contributed by atoms with Crippen molar-refractivity contribution < 1.29 is 24.5 Å². The van der Waals surface area contributed by atoms with Crippen LogP contribution in [0, 0.1) is 0 Å². The lowest BCUT2D eigenvalue weighted by Crippen LogP contribution is -2.46. The van der Waals surface area contributed by atoms with Crippen molar-refractivity contribution in [1.29, 1.82) is 0 Å². The number of aliphatic hydroxyl groups is 2. The summed E-state index contributed by atoms with van der Waals surface area (Å²) in [6.45, 7) is 6.40. The Morgan fingerprint density at radius 2 is 0.844 bits per heavy atom. The third-order valence-corrected chi connectivity index (χ3v) is 13.0. The summed E-state index contributed by atoms with van der Waals surface area (Å²) in [4.78, 5) is 26.2. The summed E-state index contributed by atoms with van der Waals surface area (Å²) in [5, 5.41) is 23.8. The van der Waals surface area contributed by atoms with Crippen LogP contribution in [0.3, 0.4) is 0 Å². The Kier molecular flexibility index (Phi) is 50.5. The van der Waals surface area contributed by atoms with Gasteiger partial charge in [0, 0.05) is 6.42 Å². The van der Waals surface area contributed by atoms with Crippen LogP contribution in [0.15, 0.2) is 36.5 Å². The molecule has 0 aliphatic heterocycles. The van der Waals surface area contributed by atoms with Crippen molar-refractivity contribution in [3.05, 3.63) is 36.5 Å². The summed E-state index contributed by atoms with van der Waals surface area (Å²) in [7, 11) is 0. The van der Waals surface area contributed by atoms with E-state index in [0.29, 0.717) is 19.3 Å². The van der Waals surface area contributed by atoms with E-state index in [1.807, 2.05) is 0 Å². The van der Waals surface area contributed by atoms with Crippen molar-refractivity contribution in [2.45, 2.75) is 315 Å². The van der Waals surface area contributed by atoms with Gasteiger partial charge < -0.3 is 20.3 Å². The predicted octanol–water partition coefficient (Wildman–Crippen LogP) is 17.2. The van der Waals surface area contributed by atoms with Crippen LogP contribution < -0.4 is 5.32 Å². The molecule has 3 atom stereocenters. The fourth-order valence-corrected chi connectivity index (χ4v) is 8.70. The van der Waals surface area contributed by atoms with Gasteiger partial charge in [-0.15, -0.1) is 0 Å². The first-order valence-corrected chi connectivity index (χ1v) is 28.2. The van der Waals surface area contributed by atoms with Crippen LogP contribution in [0.2, 0.25) is 0 Å². The Hall–Kier alpha value is -1.92. The molecule has 1 amide bonds. The van der Waals surface area contributed by atoms with Gasteiger partial charge in [-0.2, -0.15) is 0 Å². The van der Waals surface area contributed by atoms with Crippen LogP contribution in [0.1, 0.15) is 297 Å². The third-order valence-electron chi connectivity index (χ3n) is 13.0. The number of carbonyl (C=O) groups is 2. The molecule has 0 aromatic carbocycles. The van der Waals surface area contributed by atoms with Gasteiger partial charge in [0.2, 0.25) is 5.91 Å². The summed E-state index contributed by atoms with van der Waals surface area (Å²) in [5.41, 5.74) is 0. The smallest absolute Gasteiger partial charge is 0.306 e. The second-order valence-electron chi connectivity index (χ2n) is 19.3. The number of unbranched alkanes of at least 4 members (excludes halogenated alkanes) is 33. The van der Waals surface area contributed by atoms with E-state index in [2.05, 4.69) is 62.5 Å². The first-order valence-electron chi connectivity index (χ1n) is 28.2. The second-order valence-corrected chi connectivity index (χ2v) is 19.3. The first kappa shape index (κ1) is 62.1. The van der Waals surface area contributed by atoms with Gasteiger partial charge in [0.05, 0.1) is 25.2 Å². The van der Waals surface area contributed by atoms with E-state index < -0.39 is 18.2 Å². The number of amides is 1. The zero-order chi connectivity index (χ0) is 46.7. The summed E-state index contributed by atoms with van der Waals surface area (Å²) in [6, 6.07) is -0.704. The molecule has 0 aromatic heterocycles. The van der Waals surface area contributed by atoms with Gasteiger partial charge in [-0.05, 0) is 77.0 Å². The van der Waals surface area contributed by atoms with E-state index in [9.17, 15) is 19.8 Å². The minimum absolute atomic E-state index is 0.0700. The molecule has 0 heterocycles. The van der Waals surface area contributed by atoms with Crippen LogP contribution in [0.25, 0.3) is 0 Å². The predicted molar refractivity (Wildman–Crippen MR) is 278 cm³/mol. The van der Waals surface area contributed by atoms with Crippen molar-refractivity contribution in [1.82, 2.24) is 5.32 Å². The number of nitrogens with one attached hydrogen (secondary N) is 1. The molecular weight excluding hydrogens is 791 g/mol. The normalized spacial score (nSPS) is 13.4. The van der Waals surface area contributed by atoms with Crippen molar-refractivity contribution >= 4 is 11.9 Å². The van der Waals surface area contributed by atoms with Crippen molar-refractivity contribution in [3.8, 4) is 0 Å². The molecule has 3 N–H and O–H groups in total. The van der Waals surface area contributed by atoms with Crippen LogP contribution >= 0.6 is 0 Å². The van der Waals surface area contributed by atoms with E-state index in [-0.39, 0.29) is 24.9 Å². The minimum Gasteiger partial charge on any atom is -0.462 e. The number of hydrogen-bond donors (Lipinski definition) is 3. The molecule has 0 saturated heterocycles. The molecule has 0 aliphatic carbocycles. The molecule has 6 heteroatoms. The Labute approximate surface area is 398 Å². The van der Waals surface area contributed by atoms with Gasteiger partial charge in [0.25, 0.3) is 0 Å². The fraction of sp³-hybridized carbons (Fsp3) is 0.862. The molecule has 3 unspecified atom stereocenters. The van der Waals surface area contributed by atoms with Crippen molar-refractivity contribution in [3.63, 3.8) is 0 Å². The van der Waals surface area contributed by atoms with Gasteiger partial charge in [-0.1, -0.05) is 243 Å². The van der Waals surface area contributed by atoms with Crippen LogP contribution in [-0.4, -0.2) is 46.9 Å². The second kappa shape index (κ2) is 52.1. The molecule has 0 spiro atoms. The highest BCUT2D eigenvalue weighted by Gasteiger charge is 2.24. The Balaban J connectivity index is 4.48. The van der Waals surface area contributed by atoms with Gasteiger partial charge >= 0.3 is 5.97 Å². The first-order chi connectivity index (χ1) is 31.5. The summed E-state index contributed by atoms with van der Waals surface area (Å²) < 4.78 is 5.95. The Morgan fingerprint density at radius 1 is 0.469 bits per heavy atom. The highest BCUT2D eigenvalue weighted by molar-refractivity contribution is 5.77. The standard InChI is InChI=1S/C58H109NO5/c1-4-7-10-13-16-19-22-25-27-28-29-30-31-33-36-39-42-45-48-51-58(63)64-54(49-46-43-40-37-34-24-21-18-15-12-9-6-3)52-57(62)59-55(53-60)56(61)50-47-44-41-38-35-32-26-23-20-17-14-11-8-5-2/h9,12,18,21,25,27,54-56,60-61H,4-8,10-11,13-17,19-20,22-24,26,28-53H2,1-3H3,(H,59,62)/b12-9+,21-18+,27-25+. The van der Waals surface area contributed by atoms with Crippen molar-refractivity contribution in [2.75, 3.05) is 6.61 Å². The SMILES string of the molecule is CC/C=C/C/C=C/CCCCCCCC(CC(=O)NC(CO)C(O)CCCCCCCCCCCCCCCC)OC(=O)CCCCCCCCCCC/C=C/CCCCCCCC. The molecule has 0 bridgehead atoms. The molecule has 376 valence electrons. The number of ether oxygens (including phenoxy) is 1.